The molecule has 4 rings (SSSR count). The number of carbonyl (C=O) groups excluding carboxylic acids is 3. The van der Waals surface area contributed by atoms with Crippen molar-refractivity contribution in [2.75, 3.05) is 30.5 Å². The Bertz CT molecular complexity index is 1200. The Morgan fingerprint density at radius 3 is 2.17 bits per heavy atom. The number of hydrogen-bond donors (Lipinski definition) is 1. The van der Waals surface area contributed by atoms with Gasteiger partial charge in [0.05, 0.1) is 13.0 Å². The van der Waals surface area contributed by atoms with Crippen molar-refractivity contribution in [1.82, 2.24) is 0 Å². The van der Waals surface area contributed by atoms with Crippen molar-refractivity contribution in [2.45, 2.75) is 6.42 Å². The number of methoxy groups -OCH3 is 1. The van der Waals surface area contributed by atoms with Crippen LogP contribution in [-0.2, 0) is 19.1 Å². The minimum Gasteiger partial charge on any atom is -0.497 e. The Kier molecular flexibility index (Phi) is 7.25. The van der Waals surface area contributed by atoms with Gasteiger partial charge in [0.2, 0.25) is 5.91 Å². The van der Waals surface area contributed by atoms with Gasteiger partial charge in [-0.2, -0.15) is 0 Å². The van der Waals surface area contributed by atoms with E-state index in [9.17, 15) is 18.8 Å². The molecule has 1 N–H and O–H groups in total. The largest absolute Gasteiger partial charge is 0.497 e. The first-order chi connectivity index (χ1) is 16.9. The summed E-state index contributed by atoms with van der Waals surface area (Å²) in [5.74, 6) is -0.557. The van der Waals surface area contributed by atoms with Crippen LogP contribution in [-0.4, -0.2) is 38.0 Å². The summed E-state index contributed by atoms with van der Waals surface area (Å²) in [7, 11) is 1.59. The highest BCUT2D eigenvalue weighted by molar-refractivity contribution is 6.00. The second-order valence-corrected chi connectivity index (χ2v) is 7.84. The van der Waals surface area contributed by atoms with E-state index >= 15 is 0 Å². The van der Waals surface area contributed by atoms with Crippen molar-refractivity contribution in [3.05, 3.63) is 78.6 Å². The van der Waals surface area contributed by atoms with E-state index in [2.05, 4.69) is 5.32 Å². The van der Waals surface area contributed by atoms with Crippen LogP contribution < -0.4 is 19.7 Å². The lowest BCUT2D eigenvalue weighted by atomic mass is 10.1. The van der Waals surface area contributed by atoms with E-state index in [0.29, 0.717) is 22.9 Å². The number of carbonyl (C=O) groups is 3. The van der Waals surface area contributed by atoms with Crippen LogP contribution in [0.25, 0.3) is 0 Å². The number of esters is 1. The fourth-order valence-corrected chi connectivity index (χ4v) is 3.57. The van der Waals surface area contributed by atoms with Crippen molar-refractivity contribution < 1.29 is 33.0 Å². The van der Waals surface area contributed by atoms with Crippen LogP contribution in [0, 0.1) is 11.7 Å². The molecule has 1 fully saturated rings. The molecule has 2 amide bonds. The standard InChI is InChI=1S/C26H23FN2O6/c1-33-21-10-12-23(13-11-21)35-22-8-6-20(7-9-22)29-15-17(14-25(29)31)26(32)34-16-24(30)28-19-4-2-18(27)3-5-19/h2-13,17H,14-16H2,1H3,(H,28,30)/t17-/m1/s1. The third-order valence-electron chi connectivity index (χ3n) is 5.38. The third kappa shape index (κ3) is 6.14. The van der Waals surface area contributed by atoms with Crippen LogP contribution in [0.3, 0.4) is 0 Å². The lowest BCUT2D eigenvalue weighted by Crippen LogP contribution is -2.28. The van der Waals surface area contributed by atoms with Crippen LogP contribution in [0.1, 0.15) is 6.42 Å². The number of nitrogens with zero attached hydrogens (tertiary/aromatic N) is 1. The normalized spacial score (nSPS) is 15.0. The molecule has 3 aromatic carbocycles. The molecule has 1 aliphatic heterocycles. The molecule has 0 spiro atoms. The van der Waals surface area contributed by atoms with E-state index in [1.165, 1.54) is 29.2 Å². The SMILES string of the molecule is COc1ccc(Oc2ccc(N3C[C@H](C(=O)OCC(=O)Nc4ccc(F)cc4)CC3=O)cc2)cc1. The number of rotatable bonds is 8. The van der Waals surface area contributed by atoms with Crippen molar-refractivity contribution in [3.63, 3.8) is 0 Å². The average Bonchev–Trinajstić information content (AvgIpc) is 3.26. The molecule has 1 heterocycles. The summed E-state index contributed by atoms with van der Waals surface area (Å²) in [5, 5.41) is 2.51. The second kappa shape index (κ2) is 10.7. The minimum absolute atomic E-state index is 0.0114. The molecule has 1 aliphatic rings. The van der Waals surface area contributed by atoms with E-state index in [-0.39, 0.29) is 18.9 Å². The van der Waals surface area contributed by atoms with Crippen LogP contribution in [0.5, 0.6) is 17.2 Å². The zero-order chi connectivity index (χ0) is 24.8. The summed E-state index contributed by atoms with van der Waals surface area (Å²) in [5.41, 5.74) is 1.01. The van der Waals surface area contributed by atoms with Crippen LogP contribution in [0.4, 0.5) is 15.8 Å². The van der Waals surface area contributed by atoms with Gasteiger partial charge in [-0.1, -0.05) is 0 Å². The van der Waals surface area contributed by atoms with E-state index in [1.54, 1.807) is 55.6 Å². The molecule has 35 heavy (non-hydrogen) atoms. The molecule has 0 aromatic heterocycles. The first kappa shape index (κ1) is 23.7. The molecule has 1 atom stereocenters. The number of benzene rings is 3. The molecule has 0 radical (unpaired) electrons. The van der Waals surface area contributed by atoms with Crippen molar-refractivity contribution >= 4 is 29.2 Å². The summed E-state index contributed by atoms with van der Waals surface area (Å²) >= 11 is 0. The van der Waals surface area contributed by atoms with Gasteiger partial charge in [-0.05, 0) is 72.8 Å². The molecular formula is C26H23FN2O6. The highest BCUT2D eigenvalue weighted by Crippen LogP contribution is 2.29. The van der Waals surface area contributed by atoms with Gasteiger partial charge in [0.25, 0.3) is 5.91 Å². The number of anilines is 2. The van der Waals surface area contributed by atoms with E-state index in [0.717, 1.165) is 5.75 Å². The molecule has 0 saturated carbocycles. The van der Waals surface area contributed by atoms with Gasteiger partial charge in [0.1, 0.15) is 23.1 Å². The number of nitrogens with one attached hydrogen (secondary N) is 1. The molecule has 0 aliphatic carbocycles. The molecule has 180 valence electrons. The Balaban J connectivity index is 1.28. The van der Waals surface area contributed by atoms with Gasteiger partial charge in [0, 0.05) is 24.3 Å². The van der Waals surface area contributed by atoms with Gasteiger partial charge < -0.3 is 24.4 Å². The maximum Gasteiger partial charge on any atom is 0.311 e. The Labute approximate surface area is 201 Å². The van der Waals surface area contributed by atoms with E-state index < -0.39 is 30.2 Å². The Morgan fingerprint density at radius 2 is 1.54 bits per heavy atom. The summed E-state index contributed by atoms with van der Waals surface area (Å²) in [6, 6.07) is 19.3. The molecule has 8 nitrogen and oxygen atoms in total. The highest BCUT2D eigenvalue weighted by atomic mass is 19.1. The number of hydrogen-bond acceptors (Lipinski definition) is 6. The zero-order valence-electron chi connectivity index (χ0n) is 18.9. The maximum atomic E-state index is 12.9. The first-order valence-electron chi connectivity index (χ1n) is 10.9. The molecular weight excluding hydrogens is 455 g/mol. The smallest absolute Gasteiger partial charge is 0.311 e. The van der Waals surface area contributed by atoms with Crippen LogP contribution in [0.15, 0.2) is 72.8 Å². The quantitative estimate of drug-likeness (QED) is 0.489. The number of ether oxygens (including phenoxy) is 3. The number of amides is 2. The monoisotopic (exact) mass is 478 g/mol. The molecule has 3 aromatic rings. The summed E-state index contributed by atoms with van der Waals surface area (Å²) in [4.78, 5) is 38.4. The summed E-state index contributed by atoms with van der Waals surface area (Å²) in [6.07, 6.45) is -0.0114. The lowest BCUT2D eigenvalue weighted by Gasteiger charge is -2.17. The second-order valence-electron chi connectivity index (χ2n) is 7.84. The predicted molar refractivity (Wildman–Crippen MR) is 126 cm³/mol. The maximum absolute atomic E-state index is 12.9. The zero-order valence-corrected chi connectivity index (χ0v) is 18.9. The van der Waals surface area contributed by atoms with Gasteiger partial charge in [-0.25, -0.2) is 4.39 Å². The van der Waals surface area contributed by atoms with Gasteiger partial charge in [-0.3, -0.25) is 14.4 Å². The molecule has 0 bridgehead atoms. The average molecular weight is 478 g/mol. The number of halogens is 1. The topological polar surface area (TPSA) is 94.2 Å². The molecule has 1 saturated heterocycles. The Morgan fingerprint density at radius 1 is 0.943 bits per heavy atom. The predicted octanol–water partition coefficient (Wildman–Crippen LogP) is 4.16. The third-order valence-corrected chi connectivity index (χ3v) is 5.38. The molecule has 0 unspecified atom stereocenters. The lowest BCUT2D eigenvalue weighted by molar-refractivity contribution is -0.151. The van der Waals surface area contributed by atoms with Gasteiger partial charge >= 0.3 is 5.97 Å². The van der Waals surface area contributed by atoms with Crippen molar-refractivity contribution in [3.8, 4) is 17.2 Å². The van der Waals surface area contributed by atoms with Crippen LogP contribution in [0.2, 0.25) is 0 Å². The van der Waals surface area contributed by atoms with Crippen LogP contribution >= 0.6 is 0 Å². The van der Waals surface area contributed by atoms with E-state index in [1.807, 2.05) is 0 Å². The minimum atomic E-state index is -0.684. The first-order valence-corrected chi connectivity index (χ1v) is 10.9. The Hall–Kier alpha value is -4.40. The van der Waals surface area contributed by atoms with Gasteiger partial charge in [0.15, 0.2) is 6.61 Å². The molecule has 9 heteroatoms. The van der Waals surface area contributed by atoms with Crippen molar-refractivity contribution in [2.24, 2.45) is 5.92 Å². The summed E-state index contributed by atoms with van der Waals surface area (Å²) < 4.78 is 29.0. The fourth-order valence-electron chi connectivity index (χ4n) is 3.57. The summed E-state index contributed by atoms with van der Waals surface area (Å²) in [6.45, 7) is -0.353. The highest BCUT2D eigenvalue weighted by Gasteiger charge is 2.36. The fraction of sp³-hybridized carbons (Fsp3) is 0.192. The van der Waals surface area contributed by atoms with E-state index in [4.69, 9.17) is 14.2 Å². The van der Waals surface area contributed by atoms with Gasteiger partial charge in [-0.15, -0.1) is 0 Å². The van der Waals surface area contributed by atoms with Crippen molar-refractivity contribution in [1.29, 1.82) is 0 Å².